The van der Waals surface area contributed by atoms with E-state index in [0.29, 0.717) is 6.61 Å². The fourth-order valence-corrected chi connectivity index (χ4v) is 5.15. The van der Waals surface area contributed by atoms with Gasteiger partial charge in [0.05, 0.1) is 6.20 Å². The van der Waals surface area contributed by atoms with Crippen LogP contribution in [0.4, 0.5) is 5.82 Å². The van der Waals surface area contributed by atoms with E-state index in [4.69, 9.17) is 14.8 Å². The molecule has 0 saturated carbocycles. The predicted molar refractivity (Wildman–Crippen MR) is 146 cm³/mol. The van der Waals surface area contributed by atoms with E-state index in [9.17, 15) is 0 Å². The molecule has 2 aromatic heterocycles. The Kier molecular flexibility index (Phi) is 6.03. The standard InChI is InChI=1S/C30H31N5O/c1-22-23(2)32-29-27(25-9-4-3-5-10-25)21-31-35(29)30(22)34-17-15-33(16-18-34)19-20-36-28-14-8-12-24-11-6-7-13-26(24)28/h3-14,21H,15-20H2,1-2H3. The van der Waals surface area contributed by atoms with Crippen LogP contribution in [0.5, 0.6) is 5.75 Å². The quantitative estimate of drug-likeness (QED) is 0.329. The first-order valence-electron chi connectivity index (χ1n) is 12.7. The zero-order chi connectivity index (χ0) is 24.5. The van der Waals surface area contributed by atoms with Gasteiger partial charge >= 0.3 is 0 Å². The smallest absolute Gasteiger partial charge is 0.165 e. The Morgan fingerprint density at radius 3 is 2.42 bits per heavy atom. The lowest BCUT2D eigenvalue weighted by Gasteiger charge is -2.36. The average Bonchev–Trinajstić information content (AvgIpc) is 3.33. The van der Waals surface area contributed by atoms with Crippen molar-refractivity contribution in [2.24, 2.45) is 0 Å². The first-order chi connectivity index (χ1) is 17.7. The number of rotatable bonds is 6. The van der Waals surface area contributed by atoms with Gasteiger partial charge in [0.2, 0.25) is 0 Å². The number of benzene rings is 3. The van der Waals surface area contributed by atoms with Crippen molar-refractivity contribution in [3.05, 3.63) is 90.3 Å². The van der Waals surface area contributed by atoms with Crippen LogP contribution < -0.4 is 9.64 Å². The molecule has 0 bridgehead atoms. The van der Waals surface area contributed by atoms with Crippen LogP contribution >= 0.6 is 0 Å². The summed E-state index contributed by atoms with van der Waals surface area (Å²) in [5, 5.41) is 7.17. The zero-order valence-corrected chi connectivity index (χ0v) is 20.9. The van der Waals surface area contributed by atoms with E-state index in [1.807, 2.05) is 16.8 Å². The number of aromatic nitrogens is 3. The van der Waals surface area contributed by atoms with Crippen molar-refractivity contribution in [3.63, 3.8) is 0 Å². The van der Waals surface area contributed by atoms with E-state index >= 15 is 0 Å². The number of hydrogen-bond acceptors (Lipinski definition) is 5. The molecule has 182 valence electrons. The molecule has 0 N–H and O–H groups in total. The summed E-state index contributed by atoms with van der Waals surface area (Å²) in [6.07, 6.45) is 1.95. The number of ether oxygens (including phenoxy) is 1. The molecule has 1 saturated heterocycles. The summed E-state index contributed by atoms with van der Waals surface area (Å²) >= 11 is 0. The summed E-state index contributed by atoms with van der Waals surface area (Å²) in [5.41, 5.74) is 5.39. The Bertz CT molecular complexity index is 1500. The molecule has 1 aliphatic heterocycles. The second-order valence-corrected chi connectivity index (χ2v) is 9.46. The second-order valence-electron chi connectivity index (χ2n) is 9.46. The van der Waals surface area contributed by atoms with Crippen LogP contribution in [0.25, 0.3) is 27.5 Å². The van der Waals surface area contributed by atoms with Crippen molar-refractivity contribution < 1.29 is 4.74 Å². The molecule has 0 aliphatic carbocycles. The third kappa shape index (κ3) is 4.18. The number of hydrogen-bond donors (Lipinski definition) is 0. The van der Waals surface area contributed by atoms with Gasteiger partial charge in [0.15, 0.2) is 5.65 Å². The Hall–Kier alpha value is -3.90. The van der Waals surface area contributed by atoms with Crippen molar-refractivity contribution in [3.8, 4) is 16.9 Å². The van der Waals surface area contributed by atoms with E-state index in [1.54, 1.807) is 0 Å². The molecule has 0 spiro atoms. The lowest BCUT2D eigenvalue weighted by molar-refractivity contribution is 0.201. The van der Waals surface area contributed by atoms with Crippen molar-refractivity contribution in [2.45, 2.75) is 13.8 Å². The number of fused-ring (bicyclic) bond motifs is 2. The normalized spacial score (nSPS) is 14.6. The van der Waals surface area contributed by atoms with Gasteiger partial charge in [-0.25, -0.2) is 4.98 Å². The maximum atomic E-state index is 6.19. The van der Waals surface area contributed by atoms with Gasteiger partial charge in [-0.1, -0.05) is 66.7 Å². The molecule has 6 rings (SSSR count). The molecule has 0 unspecified atom stereocenters. The summed E-state index contributed by atoms with van der Waals surface area (Å²) in [5.74, 6) is 2.12. The first kappa shape index (κ1) is 22.6. The first-order valence-corrected chi connectivity index (χ1v) is 12.7. The summed E-state index contributed by atoms with van der Waals surface area (Å²) in [7, 11) is 0. The molecule has 1 fully saturated rings. The highest BCUT2D eigenvalue weighted by Crippen LogP contribution is 2.30. The van der Waals surface area contributed by atoms with Gasteiger partial charge in [0.1, 0.15) is 18.2 Å². The minimum Gasteiger partial charge on any atom is -0.492 e. The molecule has 3 heterocycles. The molecule has 6 nitrogen and oxygen atoms in total. The van der Waals surface area contributed by atoms with Crippen LogP contribution in [0.15, 0.2) is 79.0 Å². The molecule has 5 aromatic rings. The minimum absolute atomic E-state index is 0.686. The van der Waals surface area contributed by atoms with Crippen LogP contribution in [0, 0.1) is 13.8 Å². The summed E-state index contributed by atoms with van der Waals surface area (Å²) < 4.78 is 8.22. The molecular formula is C30H31N5O. The third-order valence-electron chi connectivity index (χ3n) is 7.27. The molecule has 36 heavy (non-hydrogen) atoms. The van der Waals surface area contributed by atoms with Crippen molar-refractivity contribution in [1.82, 2.24) is 19.5 Å². The topological polar surface area (TPSA) is 45.9 Å². The highest BCUT2D eigenvalue weighted by Gasteiger charge is 2.23. The maximum Gasteiger partial charge on any atom is 0.165 e. The molecule has 6 heteroatoms. The van der Waals surface area contributed by atoms with E-state index in [1.165, 1.54) is 16.3 Å². The lowest BCUT2D eigenvalue weighted by atomic mass is 10.1. The monoisotopic (exact) mass is 477 g/mol. The Balaban J connectivity index is 1.15. The fourth-order valence-electron chi connectivity index (χ4n) is 5.15. The van der Waals surface area contributed by atoms with Crippen LogP contribution in [-0.4, -0.2) is 58.8 Å². The van der Waals surface area contributed by atoms with Crippen LogP contribution in [0.3, 0.4) is 0 Å². The Morgan fingerprint density at radius 1 is 0.833 bits per heavy atom. The fraction of sp³-hybridized carbons (Fsp3) is 0.267. The minimum atomic E-state index is 0.686. The van der Waals surface area contributed by atoms with E-state index in [-0.39, 0.29) is 0 Å². The molecule has 0 atom stereocenters. The van der Waals surface area contributed by atoms with Gasteiger partial charge in [0.25, 0.3) is 0 Å². The van der Waals surface area contributed by atoms with Crippen LogP contribution in [0.1, 0.15) is 11.3 Å². The number of aryl methyl sites for hydroxylation is 1. The molecule has 0 amide bonds. The molecular weight excluding hydrogens is 446 g/mol. The number of piperazine rings is 1. The van der Waals surface area contributed by atoms with E-state index in [0.717, 1.165) is 66.8 Å². The zero-order valence-electron chi connectivity index (χ0n) is 20.9. The highest BCUT2D eigenvalue weighted by molar-refractivity contribution is 5.88. The third-order valence-corrected chi connectivity index (χ3v) is 7.27. The average molecular weight is 478 g/mol. The van der Waals surface area contributed by atoms with Crippen LogP contribution in [0.2, 0.25) is 0 Å². The van der Waals surface area contributed by atoms with Crippen LogP contribution in [-0.2, 0) is 0 Å². The largest absolute Gasteiger partial charge is 0.492 e. The molecule has 0 radical (unpaired) electrons. The van der Waals surface area contributed by atoms with Gasteiger partial charge in [-0.2, -0.15) is 9.61 Å². The lowest BCUT2D eigenvalue weighted by Crippen LogP contribution is -2.48. The van der Waals surface area contributed by atoms with Gasteiger partial charge < -0.3 is 9.64 Å². The van der Waals surface area contributed by atoms with Crippen molar-refractivity contribution in [2.75, 3.05) is 44.2 Å². The molecule has 3 aromatic carbocycles. The summed E-state index contributed by atoms with van der Waals surface area (Å²) in [6.45, 7) is 9.75. The van der Waals surface area contributed by atoms with Gasteiger partial charge in [0, 0.05) is 54.9 Å². The van der Waals surface area contributed by atoms with Gasteiger partial charge in [-0.05, 0) is 30.9 Å². The molecule has 1 aliphatic rings. The second kappa shape index (κ2) is 9.63. The van der Waals surface area contributed by atoms with Crippen molar-refractivity contribution in [1.29, 1.82) is 0 Å². The van der Waals surface area contributed by atoms with Gasteiger partial charge in [-0.15, -0.1) is 0 Å². The van der Waals surface area contributed by atoms with Gasteiger partial charge in [-0.3, -0.25) is 4.90 Å². The van der Waals surface area contributed by atoms with E-state index < -0.39 is 0 Å². The SMILES string of the molecule is Cc1nc2c(-c3ccccc3)cnn2c(N2CCN(CCOc3cccc4ccccc34)CC2)c1C. The predicted octanol–water partition coefficient (Wildman–Crippen LogP) is 5.37. The Labute approximate surface area is 211 Å². The van der Waals surface area contributed by atoms with Crippen molar-refractivity contribution >= 4 is 22.2 Å². The Morgan fingerprint density at radius 2 is 1.58 bits per heavy atom. The number of nitrogens with zero attached hydrogens (tertiary/aromatic N) is 5. The highest BCUT2D eigenvalue weighted by atomic mass is 16.5. The maximum absolute atomic E-state index is 6.19. The number of anilines is 1. The summed E-state index contributed by atoms with van der Waals surface area (Å²) in [6, 6.07) is 25.0. The van der Waals surface area contributed by atoms with E-state index in [2.05, 4.69) is 90.4 Å². The summed E-state index contributed by atoms with van der Waals surface area (Å²) in [4.78, 5) is 9.87.